The lowest BCUT2D eigenvalue weighted by Crippen LogP contribution is -2.39. The summed E-state index contributed by atoms with van der Waals surface area (Å²) in [6.45, 7) is 1.83. The van der Waals surface area contributed by atoms with Crippen molar-refractivity contribution in [2.75, 3.05) is 31.4 Å². The van der Waals surface area contributed by atoms with Gasteiger partial charge < -0.3 is 19.9 Å². The Hall–Kier alpha value is -3.36. The van der Waals surface area contributed by atoms with Crippen LogP contribution in [-0.4, -0.2) is 45.5 Å². The zero-order chi connectivity index (χ0) is 24.7. The van der Waals surface area contributed by atoms with Gasteiger partial charge in [-0.3, -0.25) is 0 Å². The van der Waals surface area contributed by atoms with Crippen molar-refractivity contribution in [2.24, 2.45) is 5.73 Å². The molecule has 1 saturated heterocycles. The third-order valence-corrected chi connectivity index (χ3v) is 7.79. The molecule has 4 aromatic rings. The van der Waals surface area contributed by atoms with Crippen molar-refractivity contribution in [1.82, 2.24) is 4.57 Å². The Morgan fingerprint density at radius 3 is 2.26 bits per heavy atom. The molecule has 2 heterocycles. The van der Waals surface area contributed by atoms with Gasteiger partial charge >= 0.3 is 0 Å². The molecular formula is C27H28FN3O3S. The van der Waals surface area contributed by atoms with Gasteiger partial charge in [0.1, 0.15) is 0 Å². The number of aromatic nitrogens is 1. The lowest BCUT2D eigenvalue weighted by Gasteiger charge is -2.32. The quantitative estimate of drug-likeness (QED) is 0.433. The van der Waals surface area contributed by atoms with Crippen LogP contribution in [0.25, 0.3) is 27.8 Å². The number of methoxy groups -OCH3 is 1. The molecule has 1 aliphatic heterocycles. The highest BCUT2D eigenvalue weighted by atomic mass is 32.2. The van der Waals surface area contributed by atoms with Crippen LogP contribution in [0.15, 0.2) is 71.6 Å². The molecule has 2 N–H and O–H groups in total. The molecular weight excluding hydrogens is 465 g/mol. The van der Waals surface area contributed by atoms with Crippen LogP contribution in [0.3, 0.4) is 0 Å². The monoisotopic (exact) mass is 493 g/mol. The first kappa shape index (κ1) is 23.4. The molecule has 0 radical (unpaired) electrons. The molecule has 6 nitrogen and oxygen atoms in total. The maximum Gasteiger partial charge on any atom is 0.175 e. The van der Waals surface area contributed by atoms with Gasteiger partial charge in [0.05, 0.1) is 23.2 Å². The summed E-state index contributed by atoms with van der Waals surface area (Å²) in [4.78, 5) is 2.59. The number of sulfone groups is 1. The molecule has 5 rings (SSSR count). The molecule has 1 aliphatic rings. The van der Waals surface area contributed by atoms with Crippen molar-refractivity contribution in [2.45, 2.75) is 23.8 Å². The Kier molecular flexibility index (Phi) is 6.02. The van der Waals surface area contributed by atoms with Crippen molar-refractivity contribution < 1.29 is 17.5 Å². The van der Waals surface area contributed by atoms with Gasteiger partial charge in [-0.1, -0.05) is 0 Å². The standard InChI is InChI=1S/C27H28FN3O3S/c1-34-27-10-3-18(16-24(27)28)26-17-19-15-22(30-13-11-20(29)12-14-30)6-9-25(19)31(26)21-4-7-23(8-5-21)35(2,32)33/h3-10,15-17,20H,11-14,29H2,1-2H3. The number of piperidine rings is 1. The van der Waals surface area contributed by atoms with E-state index < -0.39 is 15.7 Å². The first-order valence-corrected chi connectivity index (χ1v) is 13.4. The van der Waals surface area contributed by atoms with Gasteiger partial charge in [0.2, 0.25) is 0 Å². The molecule has 182 valence electrons. The minimum absolute atomic E-state index is 0.180. The Bertz CT molecular complexity index is 1490. The van der Waals surface area contributed by atoms with Crippen molar-refractivity contribution in [3.05, 3.63) is 72.5 Å². The summed E-state index contributed by atoms with van der Waals surface area (Å²) in [5.74, 6) is -0.265. The van der Waals surface area contributed by atoms with Crippen LogP contribution in [0, 0.1) is 5.82 Å². The normalized spacial score (nSPS) is 15.0. The lowest BCUT2D eigenvalue weighted by molar-refractivity contribution is 0.386. The van der Waals surface area contributed by atoms with Gasteiger partial charge in [0.25, 0.3) is 0 Å². The fraction of sp³-hybridized carbons (Fsp3) is 0.259. The van der Waals surface area contributed by atoms with Gasteiger partial charge in [-0.25, -0.2) is 12.8 Å². The summed E-state index contributed by atoms with van der Waals surface area (Å²) >= 11 is 0. The number of hydrogen-bond acceptors (Lipinski definition) is 5. The average Bonchev–Trinajstić information content (AvgIpc) is 3.23. The average molecular weight is 494 g/mol. The van der Waals surface area contributed by atoms with E-state index in [1.54, 1.807) is 30.3 Å². The largest absolute Gasteiger partial charge is 0.494 e. The predicted molar refractivity (Wildman–Crippen MR) is 138 cm³/mol. The highest BCUT2D eigenvalue weighted by Gasteiger charge is 2.19. The number of benzene rings is 3. The number of rotatable bonds is 5. The SMILES string of the molecule is COc1ccc(-c2cc3cc(N4CCC(N)CC4)ccc3n2-c2ccc(S(C)(=O)=O)cc2)cc1F. The van der Waals surface area contributed by atoms with Gasteiger partial charge in [-0.05, 0) is 79.6 Å². The molecule has 0 spiro atoms. The van der Waals surface area contributed by atoms with E-state index in [4.69, 9.17) is 10.5 Å². The van der Waals surface area contributed by atoms with Crippen LogP contribution in [-0.2, 0) is 9.84 Å². The number of nitrogens with two attached hydrogens (primary N) is 1. The zero-order valence-corrected chi connectivity index (χ0v) is 20.6. The Morgan fingerprint density at radius 1 is 0.943 bits per heavy atom. The molecule has 1 aromatic heterocycles. The second-order valence-corrected chi connectivity index (χ2v) is 11.1. The molecule has 0 atom stereocenters. The maximum atomic E-state index is 14.6. The number of hydrogen-bond donors (Lipinski definition) is 1. The fourth-order valence-corrected chi connectivity index (χ4v) is 5.35. The Balaban J connectivity index is 1.66. The summed E-state index contributed by atoms with van der Waals surface area (Å²) in [5.41, 5.74) is 10.4. The molecule has 0 bridgehead atoms. The summed E-state index contributed by atoms with van der Waals surface area (Å²) < 4.78 is 45.7. The highest BCUT2D eigenvalue weighted by Crippen LogP contribution is 2.36. The van der Waals surface area contributed by atoms with E-state index in [1.807, 2.05) is 16.7 Å². The third kappa shape index (κ3) is 4.51. The predicted octanol–water partition coefficient (Wildman–Crippen LogP) is 4.78. The summed E-state index contributed by atoms with van der Waals surface area (Å²) in [7, 11) is -1.88. The minimum Gasteiger partial charge on any atom is -0.494 e. The molecule has 0 amide bonds. The number of halogens is 1. The van der Waals surface area contributed by atoms with Crippen LogP contribution in [0.2, 0.25) is 0 Å². The number of anilines is 1. The van der Waals surface area contributed by atoms with E-state index in [-0.39, 0.29) is 16.7 Å². The van der Waals surface area contributed by atoms with Gasteiger partial charge in [0.15, 0.2) is 21.4 Å². The maximum absolute atomic E-state index is 14.6. The fourth-order valence-electron chi connectivity index (χ4n) is 4.72. The van der Waals surface area contributed by atoms with Crippen molar-refractivity contribution in [1.29, 1.82) is 0 Å². The van der Waals surface area contributed by atoms with Crippen molar-refractivity contribution >= 4 is 26.4 Å². The van der Waals surface area contributed by atoms with Crippen LogP contribution in [0.4, 0.5) is 10.1 Å². The summed E-state index contributed by atoms with van der Waals surface area (Å²) in [6, 6.07) is 20.2. The van der Waals surface area contributed by atoms with E-state index in [2.05, 4.69) is 23.1 Å². The molecule has 0 unspecified atom stereocenters. The Morgan fingerprint density at radius 2 is 1.63 bits per heavy atom. The van der Waals surface area contributed by atoms with Crippen LogP contribution in [0.1, 0.15) is 12.8 Å². The second-order valence-electron chi connectivity index (χ2n) is 9.05. The number of ether oxygens (including phenoxy) is 1. The minimum atomic E-state index is -3.32. The van der Waals surface area contributed by atoms with Gasteiger partial charge in [0, 0.05) is 47.7 Å². The molecule has 1 fully saturated rings. The number of fused-ring (bicyclic) bond motifs is 1. The third-order valence-electron chi connectivity index (χ3n) is 6.66. The van der Waals surface area contributed by atoms with Crippen molar-refractivity contribution in [3.8, 4) is 22.7 Å². The van der Waals surface area contributed by atoms with E-state index in [0.29, 0.717) is 5.56 Å². The van der Waals surface area contributed by atoms with Crippen LogP contribution in [0.5, 0.6) is 5.75 Å². The number of nitrogens with zero attached hydrogens (tertiary/aromatic N) is 2. The van der Waals surface area contributed by atoms with Crippen molar-refractivity contribution in [3.63, 3.8) is 0 Å². The van der Waals surface area contributed by atoms with E-state index in [1.165, 1.54) is 19.4 Å². The smallest absolute Gasteiger partial charge is 0.175 e. The van der Waals surface area contributed by atoms with Crippen LogP contribution >= 0.6 is 0 Å². The molecule has 0 aliphatic carbocycles. The topological polar surface area (TPSA) is 77.6 Å². The summed E-state index contributed by atoms with van der Waals surface area (Å²) in [6.07, 6.45) is 3.11. The Labute approximate surface area is 204 Å². The highest BCUT2D eigenvalue weighted by molar-refractivity contribution is 7.90. The molecule has 0 saturated carbocycles. The lowest BCUT2D eigenvalue weighted by atomic mass is 10.1. The van der Waals surface area contributed by atoms with Gasteiger partial charge in [-0.15, -0.1) is 0 Å². The van der Waals surface area contributed by atoms with E-state index >= 15 is 0 Å². The second kappa shape index (κ2) is 9.02. The first-order valence-electron chi connectivity index (χ1n) is 11.5. The molecule has 3 aromatic carbocycles. The first-order chi connectivity index (χ1) is 16.7. The zero-order valence-electron chi connectivity index (χ0n) is 19.7. The van der Waals surface area contributed by atoms with Crippen LogP contribution < -0.4 is 15.4 Å². The summed E-state index contributed by atoms with van der Waals surface area (Å²) in [5, 5.41) is 1.01. The van der Waals surface area contributed by atoms with E-state index in [9.17, 15) is 12.8 Å². The molecule has 35 heavy (non-hydrogen) atoms. The van der Waals surface area contributed by atoms with Gasteiger partial charge in [-0.2, -0.15) is 0 Å². The molecule has 8 heteroatoms. The van der Waals surface area contributed by atoms with E-state index in [0.717, 1.165) is 53.9 Å².